The summed E-state index contributed by atoms with van der Waals surface area (Å²) in [4.78, 5) is 12.6. The van der Waals surface area contributed by atoms with E-state index in [0.29, 0.717) is 0 Å². The van der Waals surface area contributed by atoms with Gasteiger partial charge in [0.15, 0.2) is 12.1 Å². The fourth-order valence-corrected chi connectivity index (χ4v) is 7.79. The molecule has 358 valence electrons. The molecule has 16 heteroatoms. The number of fused-ring (bicyclic) bond motifs is 2. The number of hydrogen-bond acceptors (Lipinski definition) is 16. The van der Waals surface area contributed by atoms with Gasteiger partial charge in [-0.3, -0.25) is 4.79 Å². The zero-order chi connectivity index (χ0) is 46.9. The number of aliphatic hydroxyl groups excluding tert-OH is 9. The monoisotopic (exact) mass is 894 g/mol. The molecule has 63 heavy (non-hydrogen) atoms. The van der Waals surface area contributed by atoms with Gasteiger partial charge in [-0.15, -0.1) is 0 Å². The van der Waals surface area contributed by atoms with E-state index in [1.54, 1.807) is 58.1 Å². The highest BCUT2D eigenvalue weighted by molar-refractivity contribution is 5.70. The molecule has 3 aliphatic heterocycles. The van der Waals surface area contributed by atoms with Gasteiger partial charge in [0.25, 0.3) is 0 Å². The number of cyclic esters (lactones) is 1. The Labute approximate surface area is 372 Å². The Hall–Kier alpha value is -2.91. The largest absolute Gasteiger partial charge is 0.462 e. The van der Waals surface area contributed by atoms with E-state index in [4.69, 9.17) is 24.7 Å². The zero-order valence-corrected chi connectivity index (χ0v) is 37.2. The Balaban J connectivity index is 1.81. The minimum Gasteiger partial charge on any atom is -0.462 e. The van der Waals surface area contributed by atoms with E-state index in [-0.39, 0.29) is 44.4 Å². The normalized spacial score (nSPS) is 46.6. The standard InChI is InChI=1S/C47H75NO15/c1-28-18-16-14-12-10-8-6-7-9-11-13-15-17-19-36(62-46-45(58)42(48)44(57)32(5)61-46)25-40-30(3)38(53)26-47(59,63-40)27-39(54)37(52)21-20-33(49)22-34(50)23-35(51)24-41(55)60-31(4)29(2)43(28)56/h6-19,28-40,42-46,49-54,56-59H,20-27,48H2,1-5H3/b7-6+,10-8+,11-9+,14-12+,15-13+,18-16+,19-17+/t28-,29-,30+,31-,32+,33+,34+,35+,36-,37+,38-,39+,40-,42-,43+,44+,45-,46-,47-/m0/s1. The van der Waals surface area contributed by atoms with E-state index < -0.39 is 128 Å². The molecule has 2 bridgehead atoms. The van der Waals surface area contributed by atoms with Crippen LogP contribution >= 0.6 is 0 Å². The minimum absolute atomic E-state index is 0.0428. The number of carbonyl (C=O) groups excluding carboxylic acids is 1. The van der Waals surface area contributed by atoms with Crippen LogP contribution in [0, 0.1) is 17.8 Å². The Morgan fingerprint density at radius 2 is 1.14 bits per heavy atom. The molecule has 0 unspecified atom stereocenters. The molecule has 19 atom stereocenters. The molecule has 3 heterocycles. The fraction of sp³-hybridized carbons (Fsp3) is 0.681. The van der Waals surface area contributed by atoms with Crippen LogP contribution in [0.15, 0.2) is 85.1 Å². The lowest BCUT2D eigenvalue weighted by atomic mass is 9.83. The summed E-state index contributed by atoms with van der Waals surface area (Å²) in [5.41, 5.74) is 6.05. The number of aliphatic hydroxyl groups is 10. The zero-order valence-electron chi connectivity index (χ0n) is 37.2. The van der Waals surface area contributed by atoms with Crippen LogP contribution < -0.4 is 5.73 Å². The summed E-state index contributed by atoms with van der Waals surface area (Å²) in [6, 6.07) is -1.05. The molecule has 2 fully saturated rings. The second kappa shape index (κ2) is 26.9. The quantitative estimate of drug-likeness (QED) is 0.176. The predicted octanol–water partition coefficient (Wildman–Crippen LogP) is 1.65. The molecule has 0 saturated carbocycles. The van der Waals surface area contributed by atoms with E-state index in [9.17, 15) is 55.9 Å². The van der Waals surface area contributed by atoms with Crippen molar-refractivity contribution < 1.29 is 74.8 Å². The second-order valence-corrected chi connectivity index (χ2v) is 17.6. The average molecular weight is 894 g/mol. The molecule has 2 saturated heterocycles. The minimum atomic E-state index is -2.08. The number of hydrogen-bond donors (Lipinski definition) is 11. The first-order chi connectivity index (χ1) is 29.7. The number of nitrogens with two attached hydrogens (primary N) is 1. The van der Waals surface area contributed by atoms with Gasteiger partial charge in [0.05, 0.1) is 79.6 Å². The van der Waals surface area contributed by atoms with Crippen LogP contribution in [0.4, 0.5) is 0 Å². The summed E-state index contributed by atoms with van der Waals surface area (Å²) in [5, 5.41) is 108. The lowest BCUT2D eigenvalue weighted by Gasteiger charge is -2.46. The topological polar surface area (TPSA) is 282 Å². The highest BCUT2D eigenvalue weighted by Crippen LogP contribution is 2.38. The van der Waals surface area contributed by atoms with Gasteiger partial charge in [0.1, 0.15) is 12.2 Å². The Morgan fingerprint density at radius 3 is 1.75 bits per heavy atom. The molecule has 0 spiro atoms. The molecule has 16 nitrogen and oxygen atoms in total. The van der Waals surface area contributed by atoms with Crippen LogP contribution in [0.25, 0.3) is 0 Å². The first-order valence-electron chi connectivity index (χ1n) is 22.2. The summed E-state index contributed by atoms with van der Waals surface area (Å²) in [7, 11) is 0. The lowest BCUT2D eigenvalue weighted by molar-refractivity contribution is -0.310. The first kappa shape index (κ1) is 54.4. The molecule has 0 aromatic rings. The smallest absolute Gasteiger partial charge is 0.308 e. The predicted molar refractivity (Wildman–Crippen MR) is 235 cm³/mol. The van der Waals surface area contributed by atoms with Gasteiger partial charge < -0.3 is 75.7 Å². The number of rotatable bonds is 2. The third-order valence-electron chi connectivity index (χ3n) is 12.1. The van der Waals surface area contributed by atoms with Crippen LogP contribution in [0.3, 0.4) is 0 Å². The van der Waals surface area contributed by atoms with Gasteiger partial charge in [-0.1, -0.05) is 106 Å². The molecular weight excluding hydrogens is 819 g/mol. The fourth-order valence-electron chi connectivity index (χ4n) is 7.79. The van der Waals surface area contributed by atoms with Gasteiger partial charge in [-0.25, -0.2) is 0 Å². The molecule has 0 amide bonds. The van der Waals surface area contributed by atoms with E-state index in [0.717, 1.165) is 0 Å². The summed E-state index contributed by atoms with van der Waals surface area (Å²) in [6.07, 6.45) is 8.08. The van der Waals surface area contributed by atoms with Gasteiger partial charge in [-0.2, -0.15) is 0 Å². The molecule has 3 rings (SSSR count). The van der Waals surface area contributed by atoms with E-state index in [1.807, 2.05) is 61.6 Å². The SMILES string of the molecule is C[C@@H]1[C@H](O)[C@@H](C)/C=C/C=C/C=C/C=C/C=C/C=C/C=C/[C@H](O[C@@H]2O[C@H](C)[C@@H](O)[C@H](N)[C@@H]2O)C[C@@H]2O[C@](O)(C[C@@H](O)[C@H](O)CC[C@@H](O)C[C@@H](O)C[C@@H](O)CC(=O)O[C@H]1C)C[C@H](O)[C@H]2C. The summed E-state index contributed by atoms with van der Waals surface area (Å²) < 4.78 is 23.5. The van der Waals surface area contributed by atoms with Crippen LogP contribution in [0.5, 0.6) is 0 Å². The van der Waals surface area contributed by atoms with Crippen molar-refractivity contribution in [3.8, 4) is 0 Å². The Morgan fingerprint density at radius 1 is 0.603 bits per heavy atom. The van der Waals surface area contributed by atoms with Crippen molar-refractivity contribution in [3.63, 3.8) is 0 Å². The second-order valence-electron chi connectivity index (χ2n) is 17.6. The van der Waals surface area contributed by atoms with Crippen molar-refractivity contribution in [1.82, 2.24) is 0 Å². The van der Waals surface area contributed by atoms with Crippen LogP contribution in [-0.2, 0) is 23.7 Å². The molecule has 3 aliphatic rings. The number of allylic oxidation sites excluding steroid dienone is 12. The van der Waals surface area contributed by atoms with Crippen molar-refractivity contribution in [2.24, 2.45) is 23.5 Å². The van der Waals surface area contributed by atoms with Crippen molar-refractivity contribution in [3.05, 3.63) is 85.1 Å². The highest BCUT2D eigenvalue weighted by Gasteiger charge is 2.47. The van der Waals surface area contributed by atoms with E-state index in [1.165, 1.54) is 0 Å². The molecule has 0 aliphatic carbocycles. The maximum atomic E-state index is 12.6. The Kier molecular flexibility index (Phi) is 23.2. The third kappa shape index (κ3) is 18.5. The summed E-state index contributed by atoms with van der Waals surface area (Å²) >= 11 is 0. The molecule has 0 aromatic carbocycles. The first-order valence-corrected chi connectivity index (χ1v) is 22.2. The van der Waals surface area contributed by atoms with Crippen LogP contribution in [-0.4, -0.2) is 155 Å². The van der Waals surface area contributed by atoms with Gasteiger partial charge in [-0.05, 0) is 39.5 Å². The van der Waals surface area contributed by atoms with Crippen molar-refractivity contribution in [2.45, 2.75) is 183 Å². The Bertz CT molecular complexity index is 1570. The van der Waals surface area contributed by atoms with Gasteiger partial charge in [0, 0.05) is 37.0 Å². The highest BCUT2D eigenvalue weighted by atomic mass is 16.7. The van der Waals surface area contributed by atoms with Crippen molar-refractivity contribution in [1.29, 1.82) is 0 Å². The summed E-state index contributed by atoms with van der Waals surface area (Å²) in [5.74, 6) is -4.01. The third-order valence-corrected chi connectivity index (χ3v) is 12.1. The van der Waals surface area contributed by atoms with Crippen LogP contribution in [0.2, 0.25) is 0 Å². The van der Waals surface area contributed by atoms with Gasteiger partial charge in [0.2, 0.25) is 0 Å². The lowest BCUT2D eigenvalue weighted by Crippen LogP contribution is -2.61. The van der Waals surface area contributed by atoms with E-state index in [2.05, 4.69) is 0 Å². The molecule has 0 aromatic heterocycles. The average Bonchev–Trinajstić information content (AvgIpc) is 3.21. The maximum Gasteiger partial charge on any atom is 0.308 e. The summed E-state index contributed by atoms with van der Waals surface area (Å²) in [6.45, 7) is 8.60. The number of ether oxygens (including phenoxy) is 4. The maximum absolute atomic E-state index is 12.6. The van der Waals surface area contributed by atoms with E-state index >= 15 is 0 Å². The molecular formula is C47H75NO15. The van der Waals surface area contributed by atoms with Gasteiger partial charge >= 0.3 is 5.97 Å². The van der Waals surface area contributed by atoms with Crippen molar-refractivity contribution >= 4 is 5.97 Å². The molecule has 0 radical (unpaired) electrons. The number of esters is 1. The van der Waals surface area contributed by atoms with Crippen LogP contribution in [0.1, 0.15) is 86.0 Å². The number of carbonyl (C=O) groups is 1. The van der Waals surface area contributed by atoms with Crippen molar-refractivity contribution in [2.75, 3.05) is 0 Å². The molecule has 12 N–H and O–H groups in total.